The maximum atomic E-state index is 11.5. The van der Waals surface area contributed by atoms with Crippen LogP contribution in [0.2, 0.25) is 0 Å². The second-order valence-electron chi connectivity index (χ2n) is 4.44. The molecule has 0 saturated carbocycles. The highest BCUT2D eigenvalue weighted by molar-refractivity contribution is 5.97. The van der Waals surface area contributed by atoms with Gasteiger partial charge in [-0.15, -0.1) is 0 Å². The molecule has 0 bridgehead atoms. The predicted octanol–water partition coefficient (Wildman–Crippen LogP) is 3.43. The highest BCUT2D eigenvalue weighted by Crippen LogP contribution is 2.39. The van der Waals surface area contributed by atoms with Crippen LogP contribution in [0, 0.1) is 5.41 Å². The van der Waals surface area contributed by atoms with Crippen molar-refractivity contribution in [3.8, 4) is 0 Å². The van der Waals surface area contributed by atoms with E-state index in [1.807, 2.05) is 19.1 Å². The van der Waals surface area contributed by atoms with Crippen molar-refractivity contribution in [3.63, 3.8) is 0 Å². The molecule has 0 fully saturated rings. The molecule has 76 valence electrons. The van der Waals surface area contributed by atoms with E-state index >= 15 is 0 Å². The monoisotopic (exact) mass is 190 g/mol. The molecule has 1 aliphatic rings. The summed E-state index contributed by atoms with van der Waals surface area (Å²) in [5, 5.41) is 0. The zero-order chi connectivity index (χ0) is 10.8. The summed E-state index contributed by atoms with van der Waals surface area (Å²) in [6, 6.07) is 0. The molecule has 0 aromatic rings. The van der Waals surface area contributed by atoms with Crippen LogP contribution in [0.4, 0.5) is 0 Å². The lowest BCUT2D eigenvalue weighted by Crippen LogP contribution is -2.24. The fourth-order valence-corrected chi connectivity index (χ4v) is 1.92. The van der Waals surface area contributed by atoms with Gasteiger partial charge in [0.25, 0.3) is 0 Å². The maximum Gasteiger partial charge on any atom is 0.158 e. The summed E-state index contributed by atoms with van der Waals surface area (Å²) in [5.74, 6) is 0.285. The van der Waals surface area contributed by atoms with Crippen molar-refractivity contribution >= 4 is 5.78 Å². The molecular formula is C13H18O. The van der Waals surface area contributed by atoms with Crippen LogP contribution in [-0.2, 0) is 4.79 Å². The standard InChI is InChI=1S/C13H18O/c1-5-6-7-11-10(2)12(14)8-9-13(11,3)4/h5-7H,1,8-9H2,2-4H3/b7-6+. The van der Waals surface area contributed by atoms with Gasteiger partial charge in [-0.3, -0.25) is 4.79 Å². The fraction of sp³-hybridized carbons (Fsp3) is 0.462. The molecule has 1 heteroatoms. The Bertz CT molecular complexity index is 316. The minimum atomic E-state index is 0.123. The maximum absolute atomic E-state index is 11.5. The molecular weight excluding hydrogens is 172 g/mol. The lowest BCUT2D eigenvalue weighted by Gasteiger charge is -2.31. The van der Waals surface area contributed by atoms with Gasteiger partial charge < -0.3 is 0 Å². The molecule has 0 aromatic heterocycles. The largest absolute Gasteiger partial charge is 0.295 e. The SMILES string of the molecule is C=C/C=C/C1=C(C)C(=O)CCC1(C)C. The molecule has 1 aliphatic carbocycles. The highest BCUT2D eigenvalue weighted by Gasteiger charge is 2.30. The quantitative estimate of drug-likeness (QED) is 0.610. The van der Waals surface area contributed by atoms with Crippen LogP contribution in [0.3, 0.4) is 0 Å². The van der Waals surface area contributed by atoms with Gasteiger partial charge in [0.15, 0.2) is 5.78 Å². The lowest BCUT2D eigenvalue weighted by molar-refractivity contribution is -0.116. The summed E-state index contributed by atoms with van der Waals surface area (Å²) in [7, 11) is 0. The number of carbonyl (C=O) groups is 1. The van der Waals surface area contributed by atoms with E-state index in [-0.39, 0.29) is 11.2 Å². The Balaban J connectivity index is 3.14. The minimum Gasteiger partial charge on any atom is -0.295 e. The molecule has 0 atom stereocenters. The van der Waals surface area contributed by atoms with E-state index in [0.29, 0.717) is 6.42 Å². The van der Waals surface area contributed by atoms with Gasteiger partial charge in [-0.1, -0.05) is 38.7 Å². The van der Waals surface area contributed by atoms with Gasteiger partial charge in [-0.05, 0) is 29.9 Å². The molecule has 1 rings (SSSR count). The van der Waals surface area contributed by atoms with Crippen molar-refractivity contribution < 1.29 is 4.79 Å². The average Bonchev–Trinajstić information content (AvgIpc) is 2.12. The topological polar surface area (TPSA) is 17.1 Å². The first-order chi connectivity index (χ1) is 6.49. The molecule has 0 heterocycles. The summed E-state index contributed by atoms with van der Waals surface area (Å²) in [6.45, 7) is 9.94. The van der Waals surface area contributed by atoms with Gasteiger partial charge in [0.1, 0.15) is 0 Å². The van der Waals surface area contributed by atoms with Crippen molar-refractivity contribution in [3.05, 3.63) is 36.0 Å². The van der Waals surface area contributed by atoms with Crippen LogP contribution in [0.15, 0.2) is 36.0 Å². The molecule has 1 nitrogen and oxygen atoms in total. The number of ketones is 1. The van der Waals surface area contributed by atoms with Gasteiger partial charge in [0, 0.05) is 6.42 Å². The fourth-order valence-electron chi connectivity index (χ4n) is 1.92. The third-order valence-electron chi connectivity index (χ3n) is 2.93. The first-order valence-electron chi connectivity index (χ1n) is 5.02. The molecule has 0 amide bonds. The van der Waals surface area contributed by atoms with Crippen molar-refractivity contribution in [1.82, 2.24) is 0 Å². The number of Topliss-reactive ketones (excluding diaryl/α,β-unsaturated/α-hetero) is 1. The van der Waals surface area contributed by atoms with E-state index in [2.05, 4.69) is 20.4 Å². The van der Waals surface area contributed by atoms with Crippen LogP contribution in [-0.4, -0.2) is 5.78 Å². The number of hydrogen-bond acceptors (Lipinski definition) is 1. The van der Waals surface area contributed by atoms with E-state index in [9.17, 15) is 4.79 Å². The molecule has 14 heavy (non-hydrogen) atoms. The minimum absolute atomic E-state index is 0.123. The third-order valence-corrected chi connectivity index (χ3v) is 2.93. The zero-order valence-corrected chi connectivity index (χ0v) is 9.26. The highest BCUT2D eigenvalue weighted by atomic mass is 16.1. The molecule has 0 saturated heterocycles. The Morgan fingerprint density at radius 3 is 2.64 bits per heavy atom. The summed E-state index contributed by atoms with van der Waals surface area (Å²) >= 11 is 0. The summed E-state index contributed by atoms with van der Waals surface area (Å²) < 4.78 is 0. The second kappa shape index (κ2) is 3.95. The van der Waals surface area contributed by atoms with Crippen LogP contribution in [0.5, 0.6) is 0 Å². The number of hydrogen-bond donors (Lipinski definition) is 0. The summed E-state index contributed by atoms with van der Waals surface area (Å²) in [5.41, 5.74) is 2.20. The van der Waals surface area contributed by atoms with E-state index in [1.54, 1.807) is 6.08 Å². The predicted molar refractivity (Wildman–Crippen MR) is 60.1 cm³/mol. The summed E-state index contributed by atoms with van der Waals surface area (Å²) in [6.07, 6.45) is 7.29. The van der Waals surface area contributed by atoms with E-state index in [0.717, 1.165) is 17.6 Å². The van der Waals surface area contributed by atoms with E-state index < -0.39 is 0 Å². The second-order valence-corrected chi connectivity index (χ2v) is 4.44. The molecule has 0 N–H and O–H groups in total. The van der Waals surface area contributed by atoms with Crippen molar-refractivity contribution in [2.45, 2.75) is 33.6 Å². The Morgan fingerprint density at radius 1 is 1.43 bits per heavy atom. The normalized spacial score (nSPS) is 21.8. The zero-order valence-electron chi connectivity index (χ0n) is 9.26. The molecule has 0 aromatic carbocycles. The first kappa shape index (κ1) is 11.0. The van der Waals surface area contributed by atoms with Crippen molar-refractivity contribution in [2.24, 2.45) is 5.41 Å². The average molecular weight is 190 g/mol. The Hall–Kier alpha value is -1.11. The molecule has 0 spiro atoms. The summed E-state index contributed by atoms with van der Waals surface area (Å²) in [4.78, 5) is 11.5. The van der Waals surface area contributed by atoms with Gasteiger partial charge in [0.05, 0.1) is 0 Å². The number of rotatable bonds is 2. The van der Waals surface area contributed by atoms with Crippen LogP contribution >= 0.6 is 0 Å². The van der Waals surface area contributed by atoms with Crippen LogP contribution < -0.4 is 0 Å². The number of carbonyl (C=O) groups excluding carboxylic acids is 1. The first-order valence-corrected chi connectivity index (χ1v) is 5.02. The lowest BCUT2D eigenvalue weighted by atomic mass is 9.72. The van der Waals surface area contributed by atoms with Gasteiger partial charge in [-0.2, -0.15) is 0 Å². The smallest absolute Gasteiger partial charge is 0.158 e. The van der Waals surface area contributed by atoms with Crippen molar-refractivity contribution in [1.29, 1.82) is 0 Å². The molecule has 0 aliphatic heterocycles. The molecule has 0 radical (unpaired) electrons. The van der Waals surface area contributed by atoms with Crippen LogP contribution in [0.25, 0.3) is 0 Å². The third kappa shape index (κ3) is 2.03. The van der Waals surface area contributed by atoms with Gasteiger partial charge in [-0.25, -0.2) is 0 Å². The van der Waals surface area contributed by atoms with Crippen molar-refractivity contribution in [2.75, 3.05) is 0 Å². The van der Waals surface area contributed by atoms with Crippen LogP contribution in [0.1, 0.15) is 33.6 Å². The Labute approximate surface area is 86.2 Å². The van der Waals surface area contributed by atoms with E-state index in [4.69, 9.17) is 0 Å². The Morgan fingerprint density at radius 2 is 2.07 bits per heavy atom. The van der Waals surface area contributed by atoms with Gasteiger partial charge >= 0.3 is 0 Å². The Kier molecular flexibility index (Phi) is 3.10. The molecule has 0 unspecified atom stereocenters. The van der Waals surface area contributed by atoms with E-state index in [1.165, 1.54) is 0 Å². The van der Waals surface area contributed by atoms with Gasteiger partial charge in [0.2, 0.25) is 0 Å². The number of allylic oxidation sites excluding steroid dienone is 5.